The predicted molar refractivity (Wildman–Crippen MR) is 107 cm³/mol. The third kappa shape index (κ3) is 12.3. The number of esters is 2. The molecular formula is C22H42O4. The van der Waals surface area contributed by atoms with Crippen LogP contribution >= 0.6 is 0 Å². The molecule has 0 aliphatic carbocycles. The van der Waals surface area contributed by atoms with Gasteiger partial charge in [-0.3, -0.25) is 9.59 Å². The maximum absolute atomic E-state index is 12.1. The van der Waals surface area contributed by atoms with Crippen LogP contribution in [0.25, 0.3) is 0 Å². The van der Waals surface area contributed by atoms with E-state index >= 15 is 0 Å². The summed E-state index contributed by atoms with van der Waals surface area (Å²) in [5.41, 5.74) is -1.23. The number of hydrogen-bond donors (Lipinski definition) is 0. The fraction of sp³-hybridized carbons (Fsp3) is 0.909. The molecule has 0 aromatic rings. The summed E-state index contributed by atoms with van der Waals surface area (Å²) in [5, 5.41) is 0. The van der Waals surface area contributed by atoms with E-state index in [-0.39, 0.29) is 5.92 Å². The summed E-state index contributed by atoms with van der Waals surface area (Å²) in [6.45, 7) is 10.0. The summed E-state index contributed by atoms with van der Waals surface area (Å²) in [5.74, 6) is -0.740. The van der Waals surface area contributed by atoms with Crippen LogP contribution in [0.4, 0.5) is 0 Å². The Morgan fingerprint density at radius 1 is 0.731 bits per heavy atom. The number of carbonyl (C=O) groups excluding carboxylic acids is 2. The normalized spacial score (nSPS) is 11.6. The number of hydrogen-bond acceptors (Lipinski definition) is 4. The summed E-state index contributed by atoms with van der Waals surface area (Å²) in [4.78, 5) is 24.1. The van der Waals surface area contributed by atoms with Crippen LogP contribution in [0.3, 0.4) is 0 Å². The van der Waals surface area contributed by atoms with Crippen molar-refractivity contribution in [1.82, 2.24) is 0 Å². The topological polar surface area (TPSA) is 52.6 Å². The average Bonchev–Trinajstić information content (AvgIpc) is 2.60. The molecule has 0 aromatic heterocycles. The number of ether oxygens (including phenoxy) is 2. The molecule has 0 saturated heterocycles. The fourth-order valence-corrected chi connectivity index (χ4v) is 2.62. The van der Waals surface area contributed by atoms with Crippen molar-refractivity contribution >= 4 is 11.9 Å². The van der Waals surface area contributed by atoms with Crippen molar-refractivity contribution in [2.24, 2.45) is 11.3 Å². The van der Waals surface area contributed by atoms with Crippen LogP contribution < -0.4 is 0 Å². The highest BCUT2D eigenvalue weighted by Crippen LogP contribution is 2.20. The first kappa shape index (κ1) is 24.9. The summed E-state index contributed by atoms with van der Waals surface area (Å²) in [6.07, 6.45) is 13.8. The molecule has 154 valence electrons. The van der Waals surface area contributed by atoms with Gasteiger partial charge in [-0.1, -0.05) is 85.0 Å². The van der Waals surface area contributed by atoms with Crippen molar-refractivity contribution in [3.05, 3.63) is 0 Å². The molecule has 4 nitrogen and oxygen atoms in total. The van der Waals surface area contributed by atoms with Gasteiger partial charge in [-0.15, -0.1) is 0 Å². The molecule has 0 amide bonds. The third-order valence-corrected chi connectivity index (χ3v) is 4.55. The Morgan fingerprint density at radius 2 is 1.15 bits per heavy atom. The SMILES string of the molecule is CCCCCCCCCCCCCOC(=O)C(C)(C)C(=O)OCC(C)C. The van der Waals surface area contributed by atoms with E-state index in [0.717, 1.165) is 12.8 Å². The first-order valence-corrected chi connectivity index (χ1v) is 10.7. The van der Waals surface area contributed by atoms with E-state index in [4.69, 9.17) is 9.47 Å². The van der Waals surface area contributed by atoms with Gasteiger partial charge in [0.05, 0.1) is 13.2 Å². The van der Waals surface area contributed by atoms with Crippen molar-refractivity contribution < 1.29 is 19.1 Å². The second-order valence-electron chi connectivity index (χ2n) is 8.29. The molecule has 0 rings (SSSR count). The van der Waals surface area contributed by atoms with E-state index in [0.29, 0.717) is 13.2 Å². The van der Waals surface area contributed by atoms with Gasteiger partial charge in [-0.05, 0) is 26.2 Å². The van der Waals surface area contributed by atoms with Crippen molar-refractivity contribution in [2.75, 3.05) is 13.2 Å². The molecule has 26 heavy (non-hydrogen) atoms. The lowest BCUT2D eigenvalue weighted by Crippen LogP contribution is -2.37. The summed E-state index contributed by atoms with van der Waals surface area (Å²) in [7, 11) is 0. The quantitative estimate of drug-likeness (QED) is 0.188. The Hall–Kier alpha value is -1.06. The second-order valence-corrected chi connectivity index (χ2v) is 8.29. The second kappa shape index (κ2) is 15.0. The van der Waals surface area contributed by atoms with Crippen molar-refractivity contribution in [2.45, 2.75) is 105 Å². The molecule has 4 heteroatoms. The lowest BCUT2D eigenvalue weighted by atomic mass is 9.94. The number of carbonyl (C=O) groups is 2. The van der Waals surface area contributed by atoms with Gasteiger partial charge in [0.2, 0.25) is 0 Å². The monoisotopic (exact) mass is 370 g/mol. The highest BCUT2D eigenvalue weighted by molar-refractivity contribution is 5.99. The van der Waals surface area contributed by atoms with Crippen LogP contribution in [0.5, 0.6) is 0 Å². The summed E-state index contributed by atoms with van der Waals surface area (Å²) in [6, 6.07) is 0. The fourth-order valence-electron chi connectivity index (χ4n) is 2.62. The Morgan fingerprint density at radius 3 is 1.62 bits per heavy atom. The summed E-state index contributed by atoms with van der Waals surface area (Å²) < 4.78 is 10.4. The molecule has 0 saturated carbocycles. The van der Waals surface area contributed by atoms with Gasteiger partial charge in [0, 0.05) is 0 Å². The highest BCUT2D eigenvalue weighted by atomic mass is 16.6. The van der Waals surface area contributed by atoms with Gasteiger partial charge in [-0.2, -0.15) is 0 Å². The molecule has 0 aromatic carbocycles. The van der Waals surface area contributed by atoms with E-state index in [9.17, 15) is 9.59 Å². The number of rotatable bonds is 16. The maximum Gasteiger partial charge on any atom is 0.322 e. The Labute approximate surface area is 161 Å². The van der Waals surface area contributed by atoms with E-state index in [1.807, 2.05) is 13.8 Å². The smallest absolute Gasteiger partial charge is 0.322 e. The van der Waals surface area contributed by atoms with Gasteiger partial charge < -0.3 is 9.47 Å². The van der Waals surface area contributed by atoms with Crippen LogP contribution in [0.15, 0.2) is 0 Å². The van der Waals surface area contributed by atoms with Crippen LogP contribution in [0.2, 0.25) is 0 Å². The largest absolute Gasteiger partial charge is 0.465 e. The lowest BCUT2D eigenvalue weighted by molar-refractivity contribution is -0.170. The molecule has 0 radical (unpaired) electrons. The minimum Gasteiger partial charge on any atom is -0.465 e. The van der Waals surface area contributed by atoms with E-state index < -0.39 is 17.4 Å². The van der Waals surface area contributed by atoms with Crippen LogP contribution in [-0.2, 0) is 19.1 Å². The predicted octanol–water partition coefficient (Wildman–Crippen LogP) is 6.07. The van der Waals surface area contributed by atoms with Crippen LogP contribution in [0, 0.1) is 11.3 Å². The highest BCUT2D eigenvalue weighted by Gasteiger charge is 2.39. The van der Waals surface area contributed by atoms with Gasteiger partial charge in [0.25, 0.3) is 0 Å². The molecule has 0 atom stereocenters. The minimum absolute atomic E-state index is 0.252. The number of unbranched alkanes of at least 4 members (excludes halogenated alkanes) is 10. The third-order valence-electron chi connectivity index (χ3n) is 4.55. The Balaban J connectivity index is 3.65. The lowest BCUT2D eigenvalue weighted by Gasteiger charge is -2.21. The standard InChI is InChI=1S/C22H42O4/c1-6-7-8-9-10-11-12-13-14-15-16-17-25-20(23)22(4,5)21(24)26-18-19(2)3/h19H,6-18H2,1-5H3. The van der Waals surface area contributed by atoms with Crippen molar-refractivity contribution in [3.8, 4) is 0 Å². The summed E-state index contributed by atoms with van der Waals surface area (Å²) >= 11 is 0. The molecule has 0 unspecified atom stereocenters. The van der Waals surface area contributed by atoms with Gasteiger partial charge in [-0.25, -0.2) is 0 Å². The zero-order chi connectivity index (χ0) is 19.8. The average molecular weight is 371 g/mol. The maximum atomic E-state index is 12.1. The first-order valence-electron chi connectivity index (χ1n) is 10.7. The van der Waals surface area contributed by atoms with Crippen LogP contribution in [0.1, 0.15) is 105 Å². The van der Waals surface area contributed by atoms with Crippen molar-refractivity contribution in [3.63, 3.8) is 0 Å². The van der Waals surface area contributed by atoms with E-state index in [1.165, 1.54) is 57.8 Å². The van der Waals surface area contributed by atoms with Crippen molar-refractivity contribution in [1.29, 1.82) is 0 Å². The molecule has 0 spiro atoms. The Kier molecular flexibility index (Phi) is 14.4. The zero-order valence-electron chi connectivity index (χ0n) is 17.9. The first-order chi connectivity index (χ1) is 12.3. The van der Waals surface area contributed by atoms with E-state index in [1.54, 1.807) is 13.8 Å². The zero-order valence-corrected chi connectivity index (χ0v) is 17.9. The van der Waals surface area contributed by atoms with Gasteiger partial charge in [0.15, 0.2) is 5.41 Å². The van der Waals surface area contributed by atoms with E-state index in [2.05, 4.69) is 6.92 Å². The molecular weight excluding hydrogens is 328 g/mol. The molecule has 0 bridgehead atoms. The molecule has 0 aliphatic rings. The van der Waals surface area contributed by atoms with Gasteiger partial charge >= 0.3 is 11.9 Å². The van der Waals surface area contributed by atoms with Crippen LogP contribution in [-0.4, -0.2) is 25.2 Å². The molecule has 0 fully saturated rings. The molecule has 0 heterocycles. The minimum atomic E-state index is -1.23. The Bertz CT molecular complexity index is 374. The van der Waals surface area contributed by atoms with Gasteiger partial charge in [0.1, 0.15) is 0 Å². The molecule has 0 N–H and O–H groups in total. The molecule has 0 aliphatic heterocycles.